The number of anilines is 3. The van der Waals surface area contributed by atoms with Gasteiger partial charge in [0.25, 0.3) is 0 Å². The van der Waals surface area contributed by atoms with E-state index in [1.54, 1.807) is 53.4 Å². The summed E-state index contributed by atoms with van der Waals surface area (Å²) >= 11 is 0. The zero-order chi connectivity index (χ0) is 41.3. The molecule has 16 heteroatoms. The largest absolute Gasteiger partial charge is 0.416 e. The van der Waals surface area contributed by atoms with Gasteiger partial charge < -0.3 is 4.90 Å². The molecule has 0 aromatic heterocycles. The fourth-order valence-corrected chi connectivity index (χ4v) is 5.68. The number of alkyl halides is 12. The van der Waals surface area contributed by atoms with Crippen molar-refractivity contribution in [1.82, 2.24) is 0 Å². The first-order valence-corrected chi connectivity index (χ1v) is 16.3. The van der Waals surface area contributed by atoms with E-state index in [4.69, 9.17) is 5.26 Å². The van der Waals surface area contributed by atoms with Crippen LogP contribution in [0.1, 0.15) is 27.8 Å². The van der Waals surface area contributed by atoms with E-state index in [9.17, 15) is 52.7 Å². The molecule has 0 heterocycles. The molecular weight excluding hydrogens is 776 g/mol. The summed E-state index contributed by atoms with van der Waals surface area (Å²) in [5.74, 6) is 0. The number of benzene rings is 6. The van der Waals surface area contributed by atoms with Gasteiger partial charge in [-0.1, -0.05) is 24.3 Å². The Labute approximate surface area is 315 Å². The molecule has 0 N–H and O–H groups in total. The van der Waals surface area contributed by atoms with Gasteiger partial charge in [0.2, 0.25) is 0 Å². The van der Waals surface area contributed by atoms with Crippen molar-refractivity contribution in [3.05, 3.63) is 161 Å². The van der Waals surface area contributed by atoms with E-state index < -0.39 is 47.0 Å². The van der Waals surface area contributed by atoms with Crippen LogP contribution in [0.3, 0.4) is 0 Å². The number of halogens is 12. The maximum Gasteiger partial charge on any atom is 0.416 e. The predicted molar refractivity (Wildman–Crippen MR) is 187 cm³/mol. The van der Waals surface area contributed by atoms with Crippen LogP contribution in [0.2, 0.25) is 0 Å². The van der Waals surface area contributed by atoms with Gasteiger partial charge in [-0.3, -0.25) is 0 Å². The molecule has 0 unspecified atom stereocenters. The molecule has 0 spiro atoms. The minimum Gasteiger partial charge on any atom is -0.311 e. The average molecular weight is 799 g/mol. The molecule has 0 saturated heterocycles. The summed E-state index contributed by atoms with van der Waals surface area (Å²) in [6, 6.07) is 27.8. The molecule has 6 aromatic carbocycles. The third kappa shape index (κ3) is 9.43. The normalized spacial score (nSPS) is 12.5. The number of hydrogen-bond donors (Lipinski definition) is 0. The van der Waals surface area contributed by atoms with Crippen molar-refractivity contribution in [2.75, 3.05) is 4.90 Å². The van der Waals surface area contributed by atoms with E-state index >= 15 is 0 Å². The zero-order valence-corrected chi connectivity index (χ0v) is 28.5. The van der Waals surface area contributed by atoms with Crippen LogP contribution in [0.15, 0.2) is 144 Å². The maximum atomic E-state index is 13.6. The summed E-state index contributed by atoms with van der Waals surface area (Å²) in [5, 5.41) is 17.3. The van der Waals surface area contributed by atoms with Crippen molar-refractivity contribution in [3.8, 4) is 28.3 Å². The lowest BCUT2D eigenvalue weighted by Gasteiger charge is -2.26. The Bertz CT molecular complexity index is 2260. The molecule has 0 saturated carbocycles. The molecule has 57 heavy (non-hydrogen) atoms. The van der Waals surface area contributed by atoms with Crippen LogP contribution in [-0.4, -0.2) is 0 Å². The van der Waals surface area contributed by atoms with Crippen molar-refractivity contribution in [2.45, 2.75) is 24.7 Å². The number of hydrogen-bond acceptors (Lipinski definition) is 4. The van der Waals surface area contributed by atoms with Crippen LogP contribution in [0.4, 0.5) is 81.1 Å². The number of azo groups is 1. The number of rotatable bonds is 7. The van der Waals surface area contributed by atoms with Gasteiger partial charge in [-0.15, -0.1) is 0 Å². The highest BCUT2D eigenvalue weighted by molar-refractivity contribution is 5.80. The van der Waals surface area contributed by atoms with Crippen molar-refractivity contribution in [3.63, 3.8) is 0 Å². The smallest absolute Gasteiger partial charge is 0.311 e. The van der Waals surface area contributed by atoms with Gasteiger partial charge in [0.05, 0.1) is 45.3 Å². The summed E-state index contributed by atoms with van der Waals surface area (Å²) in [5.41, 5.74) is -4.42. The Balaban J connectivity index is 1.40. The Kier molecular flexibility index (Phi) is 10.6. The minimum absolute atomic E-state index is 0.00854. The maximum absolute atomic E-state index is 13.6. The molecule has 4 nitrogen and oxygen atoms in total. The standard InChI is InChI=1S/C41H22F12N4/c42-38(43,44)29-17-27(18-30(21-29)39(45,46)47)25-3-11-35(12-4-25)57(37-15-9-34(10-16-37)56-55-33-7-1-24(23-54)2-8-33)36-13-5-26(6-14-36)28-19-31(40(48,49)50)22-32(20-28)41(51,52)53/h1-22H. The van der Waals surface area contributed by atoms with Crippen LogP contribution in [0, 0.1) is 11.3 Å². The lowest BCUT2D eigenvalue weighted by atomic mass is 9.98. The molecule has 0 radical (unpaired) electrons. The fraction of sp³-hybridized carbons (Fsp3) is 0.0976. The van der Waals surface area contributed by atoms with Crippen molar-refractivity contribution in [1.29, 1.82) is 5.26 Å². The highest BCUT2D eigenvalue weighted by Crippen LogP contribution is 2.42. The molecule has 0 aliphatic rings. The number of nitrogens with zero attached hydrogens (tertiary/aromatic N) is 4. The molecule has 6 rings (SSSR count). The Morgan fingerprint density at radius 3 is 0.930 bits per heavy atom. The predicted octanol–water partition coefficient (Wildman–Crippen LogP) is 14.9. The first kappa shape index (κ1) is 40.0. The van der Waals surface area contributed by atoms with Crippen LogP contribution < -0.4 is 4.90 Å². The van der Waals surface area contributed by atoms with E-state index in [2.05, 4.69) is 10.2 Å². The molecule has 0 aliphatic carbocycles. The summed E-state index contributed by atoms with van der Waals surface area (Å²) < 4.78 is 163. The van der Waals surface area contributed by atoms with E-state index in [1.165, 1.54) is 48.5 Å². The summed E-state index contributed by atoms with van der Waals surface area (Å²) in [6.45, 7) is 0. The molecule has 0 aliphatic heterocycles. The molecule has 0 fully saturated rings. The summed E-state index contributed by atoms with van der Waals surface area (Å²) in [7, 11) is 0. The SMILES string of the molecule is N#Cc1ccc(N=Nc2ccc(N(c3ccc(-c4cc(C(F)(F)F)cc(C(F)(F)F)c4)cc3)c3ccc(-c4cc(C(F)(F)F)cc(C(F)(F)F)c4)cc3)cc2)cc1. The van der Waals surface area contributed by atoms with Crippen LogP contribution in [-0.2, 0) is 24.7 Å². The van der Waals surface area contributed by atoms with Crippen molar-refractivity contribution >= 4 is 28.4 Å². The van der Waals surface area contributed by atoms with E-state index in [0.717, 1.165) is 0 Å². The van der Waals surface area contributed by atoms with E-state index in [0.29, 0.717) is 58.3 Å². The highest BCUT2D eigenvalue weighted by atomic mass is 19.4. The first-order chi connectivity index (χ1) is 26.7. The van der Waals surface area contributed by atoms with Gasteiger partial charge in [0.1, 0.15) is 0 Å². The Hall–Kier alpha value is -6.63. The molecule has 290 valence electrons. The average Bonchev–Trinajstić information content (AvgIpc) is 3.17. The lowest BCUT2D eigenvalue weighted by Crippen LogP contribution is -2.11. The van der Waals surface area contributed by atoms with E-state index in [-0.39, 0.29) is 34.4 Å². The fourth-order valence-electron chi connectivity index (χ4n) is 5.68. The quantitative estimate of drug-likeness (QED) is 0.119. The number of nitriles is 1. The topological polar surface area (TPSA) is 51.8 Å². The Morgan fingerprint density at radius 2 is 0.649 bits per heavy atom. The minimum atomic E-state index is -5.07. The van der Waals surface area contributed by atoms with Gasteiger partial charge in [0.15, 0.2) is 0 Å². The Morgan fingerprint density at radius 1 is 0.368 bits per heavy atom. The van der Waals surface area contributed by atoms with Crippen molar-refractivity contribution in [2.24, 2.45) is 10.2 Å². The van der Waals surface area contributed by atoms with E-state index in [1.807, 2.05) is 6.07 Å². The summed E-state index contributed by atoms with van der Waals surface area (Å²) in [6.07, 6.45) is -20.3. The monoisotopic (exact) mass is 798 g/mol. The second-order valence-corrected chi connectivity index (χ2v) is 12.4. The second-order valence-electron chi connectivity index (χ2n) is 12.4. The third-order valence-electron chi connectivity index (χ3n) is 8.48. The molecule has 0 amide bonds. The van der Waals surface area contributed by atoms with Gasteiger partial charge >= 0.3 is 24.7 Å². The van der Waals surface area contributed by atoms with Crippen LogP contribution in [0.5, 0.6) is 0 Å². The summed E-state index contributed by atoms with van der Waals surface area (Å²) in [4.78, 5) is 1.58. The molecular formula is C41H22F12N4. The van der Waals surface area contributed by atoms with Gasteiger partial charge in [0, 0.05) is 17.1 Å². The van der Waals surface area contributed by atoms with Gasteiger partial charge in [-0.05, 0) is 131 Å². The van der Waals surface area contributed by atoms with Gasteiger partial charge in [-0.2, -0.15) is 68.2 Å². The molecule has 0 atom stereocenters. The highest BCUT2D eigenvalue weighted by Gasteiger charge is 2.38. The van der Waals surface area contributed by atoms with Gasteiger partial charge in [-0.25, -0.2) is 0 Å². The van der Waals surface area contributed by atoms with Crippen LogP contribution in [0.25, 0.3) is 22.3 Å². The zero-order valence-electron chi connectivity index (χ0n) is 28.5. The van der Waals surface area contributed by atoms with Crippen LogP contribution >= 0.6 is 0 Å². The first-order valence-electron chi connectivity index (χ1n) is 16.3. The second kappa shape index (κ2) is 15.1. The van der Waals surface area contributed by atoms with Crippen molar-refractivity contribution < 1.29 is 52.7 Å². The molecule has 0 bridgehead atoms. The lowest BCUT2D eigenvalue weighted by molar-refractivity contribution is -0.144. The third-order valence-corrected chi connectivity index (χ3v) is 8.48. The molecule has 6 aromatic rings.